The number of benzene rings is 1. The molecule has 0 radical (unpaired) electrons. The summed E-state index contributed by atoms with van der Waals surface area (Å²) < 4.78 is 47.4. The second-order valence-electron chi connectivity index (χ2n) is 5.18. The molecular weight excluding hydrogens is 285 g/mol. The van der Waals surface area contributed by atoms with E-state index in [0.717, 1.165) is 12.1 Å². The first-order chi connectivity index (χ1) is 9.74. The smallest absolute Gasteiger partial charge is 0.416 e. The van der Waals surface area contributed by atoms with Crippen LogP contribution >= 0.6 is 0 Å². The Bertz CT molecular complexity index is 452. The Labute approximate surface area is 122 Å². The molecule has 0 saturated carbocycles. The molecular formula is C15H19F3O3. The SMILES string of the molecule is COC(=O)C(COc1ccc(C(F)(F)F)cc1)CC(C)C. The highest BCUT2D eigenvalue weighted by atomic mass is 19.4. The van der Waals surface area contributed by atoms with Gasteiger partial charge in [0.25, 0.3) is 0 Å². The number of esters is 1. The molecule has 1 unspecified atom stereocenters. The molecule has 0 heterocycles. The molecule has 1 aromatic rings. The summed E-state index contributed by atoms with van der Waals surface area (Å²) in [5.41, 5.74) is -0.735. The van der Waals surface area contributed by atoms with Crippen molar-refractivity contribution < 1.29 is 27.4 Å². The molecule has 1 rings (SSSR count). The zero-order chi connectivity index (χ0) is 16.0. The third kappa shape index (κ3) is 5.65. The zero-order valence-corrected chi connectivity index (χ0v) is 12.2. The fraction of sp³-hybridized carbons (Fsp3) is 0.533. The number of methoxy groups -OCH3 is 1. The third-order valence-electron chi connectivity index (χ3n) is 2.92. The predicted molar refractivity (Wildman–Crippen MR) is 71.9 cm³/mol. The predicted octanol–water partition coefficient (Wildman–Crippen LogP) is 3.92. The van der Waals surface area contributed by atoms with Gasteiger partial charge in [-0.15, -0.1) is 0 Å². The maximum Gasteiger partial charge on any atom is 0.416 e. The highest BCUT2D eigenvalue weighted by Crippen LogP contribution is 2.30. The van der Waals surface area contributed by atoms with E-state index in [9.17, 15) is 18.0 Å². The molecule has 21 heavy (non-hydrogen) atoms. The van der Waals surface area contributed by atoms with Crippen molar-refractivity contribution in [1.29, 1.82) is 0 Å². The van der Waals surface area contributed by atoms with E-state index >= 15 is 0 Å². The van der Waals surface area contributed by atoms with E-state index in [0.29, 0.717) is 12.2 Å². The lowest BCUT2D eigenvalue weighted by molar-refractivity contribution is -0.147. The van der Waals surface area contributed by atoms with Crippen LogP contribution in [-0.4, -0.2) is 19.7 Å². The fourth-order valence-corrected chi connectivity index (χ4v) is 1.90. The average Bonchev–Trinajstić information content (AvgIpc) is 2.41. The summed E-state index contributed by atoms with van der Waals surface area (Å²) in [5, 5.41) is 0. The maximum absolute atomic E-state index is 12.4. The quantitative estimate of drug-likeness (QED) is 0.747. The molecule has 0 aliphatic rings. The third-order valence-corrected chi connectivity index (χ3v) is 2.92. The fourth-order valence-electron chi connectivity index (χ4n) is 1.90. The van der Waals surface area contributed by atoms with Crippen molar-refractivity contribution in [2.45, 2.75) is 26.4 Å². The van der Waals surface area contributed by atoms with E-state index in [-0.39, 0.29) is 18.5 Å². The number of hydrogen-bond acceptors (Lipinski definition) is 3. The summed E-state index contributed by atoms with van der Waals surface area (Å²) in [4.78, 5) is 11.6. The second kappa shape index (κ2) is 7.33. The highest BCUT2D eigenvalue weighted by molar-refractivity contribution is 5.72. The first-order valence-corrected chi connectivity index (χ1v) is 6.62. The average molecular weight is 304 g/mol. The molecule has 118 valence electrons. The zero-order valence-electron chi connectivity index (χ0n) is 12.2. The van der Waals surface area contributed by atoms with Crippen molar-refractivity contribution in [3.63, 3.8) is 0 Å². The number of hydrogen-bond donors (Lipinski definition) is 0. The van der Waals surface area contributed by atoms with Gasteiger partial charge in [-0.1, -0.05) is 13.8 Å². The Morgan fingerprint density at radius 3 is 2.19 bits per heavy atom. The monoisotopic (exact) mass is 304 g/mol. The van der Waals surface area contributed by atoms with Crippen molar-refractivity contribution in [3.8, 4) is 5.75 Å². The molecule has 0 aromatic heterocycles. The lowest BCUT2D eigenvalue weighted by atomic mass is 9.98. The van der Waals surface area contributed by atoms with Gasteiger partial charge in [-0.3, -0.25) is 4.79 Å². The Hall–Kier alpha value is -1.72. The van der Waals surface area contributed by atoms with Gasteiger partial charge in [-0.05, 0) is 36.6 Å². The molecule has 6 heteroatoms. The first kappa shape index (κ1) is 17.3. The number of carbonyl (C=O) groups is 1. The van der Waals surface area contributed by atoms with Gasteiger partial charge in [0.05, 0.1) is 18.6 Å². The minimum atomic E-state index is -4.37. The number of rotatable bonds is 6. The van der Waals surface area contributed by atoms with Crippen LogP contribution in [0, 0.1) is 11.8 Å². The minimum absolute atomic E-state index is 0.0796. The normalized spacial score (nSPS) is 13.1. The van der Waals surface area contributed by atoms with E-state index in [1.807, 2.05) is 13.8 Å². The van der Waals surface area contributed by atoms with Crippen LogP contribution in [-0.2, 0) is 15.7 Å². The Kier molecular flexibility index (Phi) is 6.05. The van der Waals surface area contributed by atoms with Crippen LogP contribution in [0.3, 0.4) is 0 Å². The first-order valence-electron chi connectivity index (χ1n) is 6.62. The van der Waals surface area contributed by atoms with Gasteiger partial charge >= 0.3 is 12.1 Å². The van der Waals surface area contributed by atoms with Gasteiger partial charge in [-0.2, -0.15) is 13.2 Å². The van der Waals surface area contributed by atoms with E-state index in [2.05, 4.69) is 0 Å². The maximum atomic E-state index is 12.4. The van der Waals surface area contributed by atoms with Crippen molar-refractivity contribution in [2.75, 3.05) is 13.7 Å². The molecule has 0 spiro atoms. The molecule has 0 fully saturated rings. The summed E-state index contributed by atoms with van der Waals surface area (Å²) in [6.07, 6.45) is -3.78. The van der Waals surface area contributed by atoms with Crippen molar-refractivity contribution in [3.05, 3.63) is 29.8 Å². The van der Waals surface area contributed by atoms with E-state index < -0.39 is 17.7 Å². The summed E-state index contributed by atoms with van der Waals surface area (Å²) in [6, 6.07) is 4.38. The lowest BCUT2D eigenvalue weighted by Crippen LogP contribution is -2.24. The summed E-state index contributed by atoms with van der Waals surface area (Å²) in [5.74, 6) is -0.237. The highest BCUT2D eigenvalue weighted by Gasteiger charge is 2.30. The van der Waals surface area contributed by atoms with E-state index in [4.69, 9.17) is 9.47 Å². The van der Waals surface area contributed by atoms with Crippen LogP contribution in [0.25, 0.3) is 0 Å². The standard InChI is InChI=1S/C15H19F3O3/c1-10(2)8-11(14(19)20-3)9-21-13-6-4-12(5-7-13)15(16,17)18/h4-7,10-11H,8-9H2,1-3H3. The molecule has 0 N–H and O–H groups in total. The van der Waals surface area contributed by atoms with Gasteiger partial charge in [0.2, 0.25) is 0 Å². The molecule has 3 nitrogen and oxygen atoms in total. The van der Waals surface area contributed by atoms with Gasteiger partial charge in [0, 0.05) is 0 Å². The van der Waals surface area contributed by atoms with Crippen LogP contribution in [0.15, 0.2) is 24.3 Å². The van der Waals surface area contributed by atoms with Crippen LogP contribution in [0.4, 0.5) is 13.2 Å². The number of alkyl halides is 3. The van der Waals surface area contributed by atoms with E-state index in [1.54, 1.807) is 0 Å². The lowest BCUT2D eigenvalue weighted by Gasteiger charge is -2.17. The largest absolute Gasteiger partial charge is 0.493 e. The molecule has 0 bridgehead atoms. The van der Waals surface area contributed by atoms with Crippen LogP contribution in [0.5, 0.6) is 5.75 Å². The molecule has 0 saturated heterocycles. The van der Waals surface area contributed by atoms with Gasteiger partial charge in [-0.25, -0.2) is 0 Å². The molecule has 0 amide bonds. The van der Waals surface area contributed by atoms with Crippen LogP contribution in [0.1, 0.15) is 25.8 Å². The Morgan fingerprint density at radius 2 is 1.76 bits per heavy atom. The van der Waals surface area contributed by atoms with Gasteiger partial charge in [0.15, 0.2) is 0 Å². The Morgan fingerprint density at radius 1 is 1.19 bits per heavy atom. The van der Waals surface area contributed by atoms with Crippen LogP contribution in [0.2, 0.25) is 0 Å². The number of ether oxygens (including phenoxy) is 2. The topological polar surface area (TPSA) is 35.5 Å². The minimum Gasteiger partial charge on any atom is -0.493 e. The Balaban J connectivity index is 2.65. The van der Waals surface area contributed by atoms with Crippen molar-refractivity contribution >= 4 is 5.97 Å². The van der Waals surface area contributed by atoms with Gasteiger partial charge < -0.3 is 9.47 Å². The van der Waals surface area contributed by atoms with Crippen molar-refractivity contribution in [1.82, 2.24) is 0 Å². The molecule has 0 aliphatic carbocycles. The van der Waals surface area contributed by atoms with Gasteiger partial charge in [0.1, 0.15) is 12.4 Å². The van der Waals surface area contributed by atoms with E-state index in [1.165, 1.54) is 19.2 Å². The summed E-state index contributed by atoms with van der Waals surface area (Å²) in [6.45, 7) is 4.01. The van der Waals surface area contributed by atoms with Crippen LogP contribution < -0.4 is 4.74 Å². The second-order valence-corrected chi connectivity index (χ2v) is 5.18. The molecule has 1 atom stereocenters. The molecule has 0 aliphatic heterocycles. The molecule has 1 aromatic carbocycles. The number of carbonyl (C=O) groups excluding carboxylic acids is 1. The number of halogens is 3. The summed E-state index contributed by atoms with van der Waals surface area (Å²) in [7, 11) is 1.30. The van der Waals surface area contributed by atoms with Crippen molar-refractivity contribution in [2.24, 2.45) is 11.8 Å². The summed E-state index contributed by atoms with van der Waals surface area (Å²) >= 11 is 0.